The van der Waals surface area contributed by atoms with Crippen LogP contribution in [0.3, 0.4) is 0 Å². The molecule has 121 heavy (non-hydrogen) atoms. The van der Waals surface area contributed by atoms with E-state index in [0.717, 1.165) is 86.5 Å². The van der Waals surface area contributed by atoms with Gasteiger partial charge in [-0.1, -0.05) is 36.4 Å². The van der Waals surface area contributed by atoms with Crippen LogP contribution in [0.2, 0.25) is 0 Å². The van der Waals surface area contributed by atoms with E-state index in [1.165, 1.54) is 38.9 Å². The summed E-state index contributed by atoms with van der Waals surface area (Å²) in [6.07, 6.45) is 20.0. The van der Waals surface area contributed by atoms with E-state index in [0.29, 0.717) is 26.2 Å². The van der Waals surface area contributed by atoms with Gasteiger partial charge in [-0.05, 0) is 208 Å². The third-order valence-electron chi connectivity index (χ3n) is 11.4. The first-order valence-corrected chi connectivity index (χ1v) is 29.6. The number of nitrogens with zero attached hydrogens (tertiary/aromatic N) is 30. The second kappa shape index (κ2) is 137. The quantitative estimate of drug-likeness (QED) is 0.0874. The maximum Gasteiger partial charge on any atom is 4.00 e. The molecule has 0 aliphatic carbocycles. The normalized spacial score (nSPS) is 6.79. The third kappa shape index (κ3) is 83.6. The summed E-state index contributed by atoms with van der Waals surface area (Å²) in [7, 11) is 0. The molecule has 0 bridgehead atoms. The maximum atomic E-state index is 6.25. The molecule has 39 heteroatoms. The van der Waals surface area contributed by atoms with Crippen LogP contribution in [0.1, 0.15) is 55.6 Å². The molecule has 0 saturated heterocycles. The van der Waals surface area contributed by atoms with Crippen molar-refractivity contribution < 1.29 is 99.0 Å². The summed E-state index contributed by atoms with van der Waals surface area (Å²) in [5, 5.41) is 125. The Bertz CT molecular complexity index is 4000. The fourth-order valence-electron chi connectivity index (χ4n) is 7.11. The van der Waals surface area contributed by atoms with Gasteiger partial charge in [-0.3, -0.25) is 49.8 Å². The second-order valence-electron chi connectivity index (χ2n) is 18.0. The molecule has 8 N–H and O–H groups in total. The molecule has 0 unspecified atom stereocenters. The van der Waals surface area contributed by atoms with Gasteiger partial charge in [0.1, 0.15) is 0 Å². The van der Waals surface area contributed by atoms with Crippen molar-refractivity contribution in [3.05, 3.63) is 370 Å². The fraction of sp³-hybridized carbons (Fsp3) is 0.146. The number of hydrogen-bond acceptors (Lipinski definition) is 34. The Balaban J connectivity index is -0.0000000524. The van der Waals surface area contributed by atoms with E-state index in [2.05, 4.69) is 82.7 Å². The van der Waals surface area contributed by atoms with Crippen LogP contribution in [0.25, 0.3) is 56.9 Å². The molecule has 0 aliphatic rings. The molecule has 10 rings (SSSR count). The summed E-state index contributed by atoms with van der Waals surface area (Å²) in [6, 6.07) is 40.0. The zero-order valence-electron chi connectivity index (χ0n) is 65.1. The van der Waals surface area contributed by atoms with Crippen molar-refractivity contribution in [2.24, 2.45) is 22.9 Å². The largest absolute Gasteiger partial charge is 4.00 e. The van der Waals surface area contributed by atoms with E-state index in [-0.39, 0.29) is 99.0 Å². The number of pyridine rings is 10. The van der Waals surface area contributed by atoms with E-state index < -0.39 is 0 Å². The number of rotatable bonds is 11. The molecule has 10 aromatic rings. The topological polar surface area (TPSA) is 709 Å². The summed E-state index contributed by atoms with van der Waals surface area (Å²) < 4.78 is 0. The van der Waals surface area contributed by atoms with Crippen LogP contribution in [-0.2, 0) is 125 Å². The molecule has 0 atom stereocenters. The molecule has 0 aliphatic heterocycles. The van der Waals surface area contributed by atoms with Crippen molar-refractivity contribution in [1.82, 2.24) is 49.8 Å². The SMILES string of the molecule is Cc1ccc(-c2ccc(C)cn2)nc1.Cc1ccc(-c2ccc(CCN)cn2)nc1.Cc1ccnc(-c2cc(C)ccn2)c1.Cc1ccnc(-c2cc(CCN)ccn2)c1.NCc1ccc(-c2ccc(CN)cn2)nc1.[C-]#N.[C-]#N.[C-]#N.[C-]#N.[C-]#N.[C-]#N.[C-]#N.[C-]#N.[C-]#N.[C-]#N.[C-]#N.[C-]#N.[C-]#N.[C-]#N.[C-]#N.[C-]#N.[C-]#N.[C-]#N.[C-]#N.[C-]#N.[Os+4].[Os+4].[Os+4].[Os+4].[Os+4]. The monoisotopic (exact) mass is 2490 g/mol. The van der Waals surface area contributed by atoms with E-state index in [4.69, 9.17) is 260 Å². The molecule has 34 nitrogen and oxygen atoms in total. The standard InChI is InChI=1S/2C13H15N3.C12H14N4.2C12H12N2.20CN.5Os/c1-10-3-6-15-12(8-10)13-9-11(2-5-14)4-7-16-13;1-10-2-4-12(15-8-10)13-5-3-11(6-7-14)9-16-13;13-5-9-1-3-11(15-7-9)12-4-2-10(6-14)8-16-12;1-9-3-5-13-11(7-9)12-8-10(2)4-6-14-12;1-9-3-5-11(13-7-9)12-6-4-10(2)8-14-12;20*1-2;;;;;/h3-4,6-9H,2,5,14H2,1H3;2-5,8-9H,6-7,14H2,1H3;1-4,7-8H,5-6,13-14H2;2*3-8H,1-2H3;;;;;;;;;;;;;;;;;;;;;;;;;/q;;;;;20*-1;5*+4. The van der Waals surface area contributed by atoms with Gasteiger partial charge < -0.3 is 260 Å². The van der Waals surface area contributed by atoms with Crippen LogP contribution < -0.4 is 22.9 Å². The van der Waals surface area contributed by atoms with Gasteiger partial charge in [-0.2, -0.15) is 0 Å². The van der Waals surface area contributed by atoms with Gasteiger partial charge in [0.05, 0.1) is 56.9 Å². The second-order valence-corrected chi connectivity index (χ2v) is 18.0. The molecule has 0 amide bonds. The van der Waals surface area contributed by atoms with Crippen molar-refractivity contribution in [2.75, 3.05) is 13.1 Å². The van der Waals surface area contributed by atoms with Gasteiger partial charge >= 0.3 is 99.0 Å². The molecular weight excluding hydrogens is 2410 g/mol. The molecular formula is C82H68N34Os5. The van der Waals surface area contributed by atoms with Crippen molar-refractivity contribution in [3.63, 3.8) is 0 Å². The predicted molar refractivity (Wildman–Crippen MR) is 406 cm³/mol. The van der Waals surface area contributed by atoms with Gasteiger partial charge in [0.15, 0.2) is 0 Å². The first kappa shape index (κ1) is 157. The van der Waals surface area contributed by atoms with Gasteiger partial charge in [0.2, 0.25) is 0 Å². The molecule has 606 valence electrons. The number of nitrogens with two attached hydrogens (primary N) is 4. The molecule has 10 aromatic heterocycles. The van der Waals surface area contributed by atoms with Crippen LogP contribution in [0.5, 0.6) is 0 Å². The number of aromatic nitrogens is 10. The van der Waals surface area contributed by atoms with Gasteiger partial charge in [-0.15, -0.1) is 0 Å². The molecule has 10 heterocycles. The van der Waals surface area contributed by atoms with E-state index in [9.17, 15) is 0 Å². The zero-order chi connectivity index (χ0) is 94.1. The molecule has 0 saturated carbocycles. The Kier molecular flexibility index (Phi) is 178. The first-order valence-electron chi connectivity index (χ1n) is 29.6. The minimum atomic E-state index is 0. The van der Waals surface area contributed by atoms with Crippen LogP contribution in [0, 0.1) is 278 Å². The summed E-state index contributed by atoms with van der Waals surface area (Å²) >= 11 is 0. The first-order chi connectivity index (χ1) is 56.9. The van der Waals surface area contributed by atoms with Crippen LogP contribution in [-0.4, -0.2) is 62.9 Å². The Hall–Kier alpha value is -15.7. The Morgan fingerprint density at radius 3 is 0.545 bits per heavy atom. The van der Waals surface area contributed by atoms with Crippen LogP contribution in [0.15, 0.2) is 183 Å². The molecule has 0 fully saturated rings. The average Bonchev–Trinajstić information content (AvgIpc) is 0.893. The number of hydrogen-bond donors (Lipinski definition) is 4. The third-order valence-corrected chi connectivity index (χ3v) is 11.4. The fourth-order valence-corrected chi connectivity index (χ4v) is 7.11. The number of aryl methyl sites for hydroxylation is 6. The Morgan fingerprint density at radius 1 is 0.190 bits per heavy atom. The van der Waals surface area contributed by atoms with Gasteiger partial charge in [0.25, 0.3) is 0 Å². The van der Waals surface area contributed by atoms with Gasteiger partial charge in [0, 0.05) is 75.1 Å². The van der Waals surface area contributed by atoms with Gasteiger partial charge in [-0.25, -0.2) is 0 Å². The van der Waals surface area contributed by atoms with Crippen molar-refractivity contribution in [2.45, 2.75) is 67.5 Å². The van der Waals surface area contributed by atoms with E-state index >= 15 is 0 Å². The summed E-state index contributed by atoms with van der Waals surface area (Å²) in [6.45, 7) is 110. The zero-order valence-corrected chi connectivity index (χ0v) is 77.8. The van der Waals surface area contributed by atoms with E-state index in [1.807, 2.05) is 180 Å². The molecule has 0 spiro atoms. The minimum absolute atomic E-state index is 0. The Labute approximate surface area is 778 Å². The van der Waals surface area contributed by atoms with Crippen molar-refractivity contribution in [1.29, 1.82) is 105 Å². The van der Waals surface area contributed by atoms with Crippen LogP contribution >= 0.6 is 0 Å². The van der Waals surface area contributed by atoms with Crippen LogP contribution in [0.4, 0.5) is 0 Å². The average molecular weight is 2480 g/mol. The minimum Gasteiger partial charge on any atom is -0.512 e. The molecule has 0 radical (unpaired) electrons. The summed E-state index contributed by atoms with van der Waals surface area (Å²) in [5.41, 5.74) is 42.6. The summed E-state index contributed by atoms with van der Waals surface area (Å²) in [4.78, 5) is 43.2. The van der Waals surface area contributed by atoms with E-state index in [1.54, 1.807) is 12.4 Å². The molecule has 0 aromatic carbocycles. The summed E-state index contributed by atoms with van der Waals surface area (Å²) in [5.74, 6) is 0. The predicted octanol–water partition coefficient (Wildman–Crippen LogP) is 12.4. The smallest absolute Gasteiger partial charge is 0.512 e. The Morgan fingerprint density at radius 2 is 0.372 bits per heavy atom. The van der Waals surface area contributed by atoms with Crippen molar-refractivity contribution >= 4 is 0 Å². The maximum absolute atomic E-state index is 6.25. The van der Waals surface area contributed by atoms with Crippen molar-refractivity contribution in [3.8, 4) is 56.9 Å².